The third-order valence-corrected chi connectivity index (χ3v) is 7.47. The molecule has 1 fully saturated rings. The molecular formula is C32H35N3O11S. The number of carbonyl (C=O) groups is 4. The number of hydrogen-bond acceptors (Lipinski definition) is 13. The first-order chi connectivity index (χ1) is 22.3. The van der Waals surface area contributed by atoms with Crippen LogP contribution in [0.2, 0.25) is 0 Å². The molecule has 0 bridgehead atoms. The molecule has 1 aliphatic rings. The molecule has 2 aromatic carbocycles. The van der Waals surface area contributed by atoms with E-state index in [4.69, 9.17) is 40.6 Å². The fraction of sp³-hybridized carbons (Fsp3) is 0.406. The number of nitrogens with zero attached hydrogens (tertiary/aromatic N) is 3. The summed E-state index contributed by atoms with van der Waals surface area (Å²) in [6, 6.07) is 14.1. The molecule has 1 aromatic heterocycles. The summed E-state index contributed by atoms with van der Waals surface area (Å²) >= 11 is 5.82. The van der Waals surface area contributed by atoms with E-state index in [1.807, 2.05) is 6.92 Å². The van der Waals surface area contributed by atoms with E-state index in [9.17, 15) is 24.0 Å². The van der Waals surface area contributed by atoms with E-state index in [1.54, 1.807) is 48.5 Å². The van der Waals surface area contributed by atoms with E-state index >= 15 is 0 Å². The normalized spacial score (nSPS) is 20.5. The first-order valence-electron chi connectivity index (χ1n) is 14.5. The zero-order valence-electron chi connectivity index (χ0n) is 26.7. The van der Waals surface area contributed by atoms with Gasteiger partial charge in [-0.05, 0) is 49.0 Å². The summed E-state index contributed by atoms with van der Waals surface area (Å²) in [6.07, 6.45) is -7.01. The van der Waals surface area contributed by atoms with Crippen LogP contribution in [0.1, 0.15) is 50.7 Å². The van der Waals surface area contributed by atoms with E-state index in [-0.39, 0.29) is 16.9 Å². The summed E-state index contributed by atoms with van der Waals surface area (Å²) in [7, 11) is 1.54. The average molecular weight is 670 g/mol. The highest BCUT2D eigenvalue weighted by Gasteiger charge is 2.53. The van der Waals surface area contributed by atoms with Crippen molar-refractivity contribution < 1.29 is 47.6 Å². The second-order valence-electron chi connectivity index (χ2n) is 10.8. The van der Waals surface area contributed by atoms with E-state index in [1.165, 1.54) is 23.3 Å². The summed E-state index contributed by atoms with van der Waals surface area (Å²) in [6.45, 7) is 5.99. The lowest BCUT2D eigenvalue weighted by atomic mass is 9.97. The fourth-order valence-electron chi connectivity index (χ4n) is 5.07. The molecule has 14 nitrogen and oxygen atoms in total. The molecule has 5 atom stereocenters. The Morgan fingerprint density at radius 3 is 1.96 bits per heavy atom. The van der Waals surface area contributed by atoms with Crippen molar-refractivity contribution in [2.24, 2.45) is 0 Å². The minimum atomic E-state index is -1.49. The highest BCUT2D eigenvalue weighted by atomic mass is 32.1. The largest absolute Gasteiger partial charge is 0.497 e. The maximum atomic E-state index is 14.0. The zero-order chi connectivity index (χ0) is 34.4. The molecule has 0 spiro atoms. The van der Waals surface area contributed by atoms with Crippen molar-refractivity contribution in [3.05, 3.63) is 80.5 Å². The Hall–Kier alpha value is -4.89. The van der Waals surface area contributed by atoms with Gasteiger partial charge in [-0.1, -0.05) is 29.8 Å². The van der Waals surface area contributed by atoms with Gasteiger partial charge < -0.3 is 28.4 Å². The van der Waals surface area contributed by atoms with Crippen LogP contribution in [0.3, 0.4) is 0 Å². The number of methoxy groups -OCH3 is 1. The number of aromatic nitrogens is 3. The Balaban J connectivity index is 1.97. The molecule has 0 saturated carbocycles. The van der Waals surface area contributed by atoms with Crippen molar-refractivity contribution in [1.82, 2.24) is 14.3 Å². The summed E-state index contributed by atoms with van der Waals surface area (Å²) in [5.41, 5.74) is 1.60. The molecule has 0 N–H and O–H groups in total. The number of aryl methyl sites for hydroxylation is 1. The fourth-order valence-corrected chi connectivity index (χ4v) is 5.40. The average Bonchev–Trinajstić information content (AvgIpc) is 3.00. The van der Waals surface area contributed by atoms with Gasteiger partial charge in [0.25, 0.3) is 5.56 Å². The molecule has 15 heteroatoms. The van der Waals surface area contributed by atoms with Crippen molar-refractivity contribution in [2.75, 3.05) is 13.7 Å². The van der Waals surface area contributed by atoms with Crippen molar-refractivity contribution in [2.45, 2.75) is 71.7 Å². The highest BCUT2D eigenvalue weighted by Crippen LogP contribution is 2.35. The van der Waals surface area contributed by atoms with Gasteiger partial charge in [0.1, 0.15) is 24.2 Å². The monoisotopic (exact) mass is 669 g/mol. The van der Waals surface area contributed by atoms with E-state index in [2.05, 4.69) is 5.10 Å². The molecule has 4 rings (SSSR count). The molecule has 0 radical (unpaired) electrons. The van der Waals surface area contributed by atoms with E-state index in [0.29, 0.717) is 11.4 Å². The molecule has 2 heterocycles. The van der Waals surface area contributed by atoms with Gasteiger partial charge in [0.2, 0.25) is 4.77 Å². The van der Waals surface area contributed by atoms with Crippen molar-refractivity contribution in [1.29, 1.82) is 0 Å². The van der Waals surface area contributed by atoms with Crippen LogP contribution in [0.25, 0.3) is 5.69 Å². The van der Waals surface area contributed by atoms with Gasteiger partial charge in [-0.3, -0.25) is 28.5 Å². The van der Waals surface area contributed by atoms with Crippen LogP contribution in [-0.4, -0.2) is 76.4 Å². The second kappa shape index (κ2) is 15.1. The molecule has 47 heavy (non-hydrogen) atoms. The lowest BCUT2D eigenvalue weighted by Crippen LogP contribution is -2.61. The van der Waals surface area contributed by atoms with Crippen LogP contribution >= 0.6 is 12.2 Å². The van der Waals surface area contributed by atoms with Crippen LogP contribution < -0.4 is 10.3 Å². The minimum absolute atomic E-state index is 0.0391. The number of esters is 4. The Labute approximate surface area is 275 Å². The third kappa shape index (κ3) is 8.48. The molecule has 0 unspecified atom stereocenters. The summed E-state index contributed by atoms with van der Waals surface area (Å²) in [5, 5.41) is 4.60. The van der Waals surface area contributed by atoms with Gasteiger partial charge in [0.15, 0.2) is 24.5 Å². The van der Waals surface area contributed by atoms with Crippen molar-refractivity contribution in [3.63, 3.8) is 0 Å². The van der Waals surface area contributed by atoms with Gasteiger partial charge in [-0.25, -0.2) is 4.68 Å². The number of hydrogen-bond donors (Lipinski definition) is 0. The van der Waals surface area contributed by atoms with Crippen LogP contribution in [0.4, 0.5) is 0 Å². The maximum Gasteiger partial charge on any atom is 0.303 e. The Bertz CT molecular complexity index is 1750. The Kier molecular flexibility index (Phi) is 11.3. The Morgan fingerprint density at radius 2 is 1.40 bits per heavy atom. The molecule has 3 aromatic rings. The predicted octanol–water partition coefficient (Wildman–Crippen LogP) is 2.93. The zero-order valence-corrected chi connectivity index (χ0v) is 27.5. The standard InChI is InChI=1S/C32H35N3O11S/c1-17-7-11-23(12-8-17)34-30(40)25(15-22-9-13-24(41-6)14-10-22)33-35(32(34)47)31-29(45-21(5)39)28(44-20(4)38)27(43-19(3)37)26(46-31)16-42-18(2)36/h7-14,26-29,31H,15-16H2,1-6H3/t26-,27-,28+,29-,31-/m1/s1. The molecule has 250 valence electrons. The molecule has 0 aliphatic carbocycles. The SMILES string of the molecule is COc1ccc(Cc2nn([C@@H]3O[C@H](COC(C)=O)[C@@H](OC(C)=O)[C@H](OC(C)=O)[C@H]3OC(C)=O)c(=S)n(-c3ccc(C)cc3)c2=O)cc1. The molecule has 0 amide bonds. The third-order valence-electron chi connectivity index (χ3n) is 7.10. The summed E-state index contributed by atoms with van der Waals surface area (Å²) in [5.74, 6) is -2.40. The number of benzene rings is 2. The van der Waals surface area contributed by atoms with Crippen LogP contribution in [-0.2, 0) is 49.3 Å². The van der Waals surface area contributed by atoms with E-state index in [0.717, 1.165) is 31.9 Å². The van der Waals surface area contributed by atoms with Crippen LogP contribution in [0.5, 0.6) is 5.75 Å². The van der Waals surface area contributed by atoms with Gasteiger partial charge in [0, 0.05) is 34.1 Å². The lowest BCUT2D eigenvalue weighted by molar-refractivity contribution is -0.271. The van der Waals surface area contributed by atoms with Gasteiger partial charge in [-0.15, -0.1) is 0 Å². The number of rotatable bonds is 10. The number of carbonyl (C=O) groups excluding carboxylic acids is 4. The lowest BCUT2D eigenvalue weighted by Gasteiger charge is -2.44. The highest BCUT2D eigenvalue weighted by molar-refractivity contribution is 7.71. The van der Waals surface area contributed by atoms with E-state index < -0.39 is 66.7 Å². The maximum absolute atomic E-state index is 14.0. The summed E-state index contributed by atoms with van der Waals surface area (Å²) < 4.78 is 35.7. The topological polar surface area (TPSA) is 163 Å². The Morgan fingerprint density at radius 1 is 0.830 bits per heavy atom. The van der Waals surface area contributed by atoms with Gasteiger partial charge >= 0.3 is 23.9 Å². The quantitative estimate of drug-likeness (QED) is 0.176. The number of ether oxygens (including phenoxy) is 6. The van der Waals surface area contributed by atoms with Crippen molar-refractivity contribution >= 4 is 36.1 Å². The predicted molar refractivity (Wildman–Crippen MR) is 166 cm³/mol. The summed E-state index contributed by atoms with van der Waals surface area (Å²) in [4.78, 5) is 62.8. The van der Waals surface area contributed by atoms with Gasteiger partial charge in [0.05, 0.1) is 12.8 Å². The molecular weight excluding hydrogens is 634 g/mol. The van der Waals surface area contributed by atoms with Crippen molar-refractivity contribution in [3.8, 4) is 11.4 Å². The smallest absolute Gasteiger partial charge is 0.303 e. The first-order valence-corrected chi connectivity index (χ1v) is 14.9. The van der Waals surface area contributed by atoms with Crippen LogP contribution in [0, 0.1) is 11.7 Å². The first kappa shape index (κ1) is 35.0. The van der Waals surface area contributed by atoms with Crippen LogP contribution in [0.15, 0.2) is 53.3 Å². The van der Waals surface area contributed by atoms with Gasteiger partial charge in [-0.2, -0.15) is 5.10 Å². The molecule has 1 saturated heterocycles. The second-order valence-corrected chi connectivity index (χ2v) is 11.1. The minimum Gasteiger partial charge on any atom is -0.497 e. The molecule has 1 aliphatic heterocycles.